The summed E-state index contributed by atoms with van der Waals surface area (Å²) in [5.41, 5.74) is 5.87. The Balaban J connectivity index is 1.29. The van der Waals surface area contributed by atoms with E-state index in [1.54, 1.807) is 24.3 Å². The van der Waals surface area contributed by atoms with E-state index in [1.807, 2.05) is 66.7 Å². The number of hydrogen-bond donors (Lipinski definition) is 0. The third kappa shape index (κ3) is 3.46. The molecule has 0 saturated heterocycles. The average molecular weight is 618 g/mol. The minimum Gasteiger partial charge on any atom is -0.456 e. The summed E-state index contributed by atoms with van der Waals surface area (Å²) in [4.78, 5) is 0. The molecule has 11 rings (SSSR count). The van der Waals surface area contributed by atoms with E-state index in [9.17, 15) is 8.22 Å². The Morgan fingerprint density at radius 1 is 0.438 bits per heavy atom. The van der Waals surface area contributed by atoms with Crippen LogP contribution in [0.25, 0.3) is 104 Å². The monoisotopic (exact) mass is 617 g/mol. The highest BCUT2D eigenvalue weighted by molar-refractivity contribution is 6.28. The van der Waals surface area contributed by atoms with E-state index in [4.69, 9.17) is 7.16 Å². The van der Waals surface area contributed by atoms with Crippen molar-refractivity contribution in [2.75, 3.05) is 0 Å². The number of para-hydroxylation sites is 2. The molecule has 0 N–H and O–H groups in total. The topological polar surface area (TPSA) is 18.1 Å². The third-order valence-corrected chi connectivity index (χ3v) is 9.63. The van der Waals surface area contributed by atoms with Crippen molar-refractivity contribution in [1.29, 1.82) is 0 Å². The molecule has 0 amide bonds. The zero-order chi connectivity index (χ0) is 38.3. The molecule has 11 aromatic rings. The summed E-state index contributed by atoms with van der Waals surface area (Å²) in [7, 11) is 0. The fourth-order valence-corrected chi connectivity index (χ4v) is 7.56. The number of aromatic nitrogens is 1. The summed E-state index contributed by atoms with van der Waals surface area (Å²) in [6.45, 7) is 0. The molecule has 0 aliphatic heterocycles. The van der Waals surface area contributed by atoms with Crippen LogP contribution in [0.5, 0.6) is 0 Å². The van der Waals surface area contributed by atoms with Crippen LogP contribution >= 0.6 is 0 Å². The summed E-state index contributed by atoms with van der Waals surface area (Å²) in [5, 5.41) is 5.09. The van der Waals surface area contributed by atoms with Gasteiger partial charge in [0.15, 0.2) is 0 Å². The maximum absolute atomic E-state index is 9.46. The fourth-order valence-electron chi connectivity index (χ4n) is 7.56. The van der Waals surface area contributed by atoms with Crippen LogP contribution in [0.2, 0.25) is 0 Å². The van der Waals surface area contributed by atoms with Crippen molar-refractivity contribution in [3.05, 3.63) is 164 Å². The molecule has 0 fully saturated rings. The molecule has 0 unspecified atom stereocenters. The summed E-state index contributed by atoms with van der Waals surface area (Å²) in [5.74, 6) is 0. The van der Waals surface area contributed by atoms with Crippen molar-refractivity contribution in [1.82, 2.24) is 4.57 Å². The highest BCUT2D eigenvalue weighted by Crippen LogP contribution is 2.44. The van der Waals surface area contributed by atoms with Gasteiger partial charge in [-0.15, -0.1) is 0 Å². The predicted octanol–water partition coefficient (Wildman–Crippen LogP) is 12.9. The largest absolute Gasteiger partial charge is 0.456 e. The van der Waals surface area contributed by atoms with Crippen LogP contribution in [-0.4, -0.2) is 4.57 Å². The van der Waals surface area contributed by atoms with Gasteiger partial charge in [0.05, 0.1) is 27.4 Å². The molecule has 0 aliphatic carbocycles. The van der Waals surface area contributed by atoms with Gasteiger partial charge in [-0.25, -0.2) is 0 Å². The van der Waals surface area contributed by atoms with Gasteiger partial charge in [0, 0.05) is 21.8 Å². The lowest BCUT2D eigenvalue weighted by molar-refractivity contribution is 0.669. The second kappa shape index (κ2) is 9.57. The predicted molar refractivity (Wildman–Crippen MR) is 203 cm³/mol. The first-order chi connectivity index (χ1) is 27.2. The van der Waals surface area contributed by atoms with Gasteiger partial charge in [0.25, 0.3) is 0 Å². The van der Waals surface area contributed by atoms with Gasteiger partial charge < -0.3 is 8.98 Å². The molecule has 0 spiro atoms. The normalized spacial score (nSPS) is 14.5. The van der Waals surface area contributed by atoms with Crippen molar-refractivity contribution in [2.24, 2.45) is 0 Å². The Kier molecular flexibility index (Phi) is 3.85. The zero-order valence-electron chi connectivity index (χ0n) is 33.3. The lowest BCUT2D eigenvalue weighted by atomic mass is 9.87. The number of fused-ring (bicyclic) bond motifs is 7. The minimum absolute atomic E-state index is 0.0219. The molecule has 222 valence electrons. The van der Waals surface area contributed by atoms with E-state index in [0.29, 0.717) is 16.5 Å². The molecule has 2 nitrogen and oxygen atoms in total. The number of hydrogen-bond acceptors (Lipinski definition) is 1. The molecule has 9 aromatic carbocycles. The molecule has 0 aliphatic rings. The van der Waals surface area contributed by atoms with Crippen molar-refractivity contribution >= 4 is 76.1 Å². The Bertz CT molecular complexity index is 3510. The van der Waals surface area contributed by atoms with Gasteiger partial charge in [-0.2, -0.15) is 0 Å². The van der Waals surface area contributed by atoms with Crippen molar-refractivity contribution in [3.63, 3.8) is 0 Å². The van der Waals surface area contributed by atoms with E-state index in [1.165, 1.54) is 0 Å². The van der Waals surface area contributed by atoms with E-state index >= 15 is 0 Å². The van der Waals surface area contributed by atoms with Gasteiger partial charge in [-0.1, -0.05) is 127 Å². The Labute approximate surface area is 287 Å². The molecule has 0 atom stereocenters. The van der Waals surface area contributed by atoms with Crippen molar-refractivity contribution in [3.8, 4) is 27.9 Å². The standard InChI is InChI=1S/C46H27NO/c1-2-9-28(10-3-1)33-21-17-29-20-24-37-34(22-18-30-19-23-36(33)43(29)44(30)37)31-11-8-12-32(27-31)47-40-15-6-4-13-35(40)38-25-26-42-45(46(38)47)39-14-5-7-16-41(39)48-42/h1-27H/i17D,18D,19D,20D,21D,22D,23D,24D. The number of furan rings is 1. The smallest absolute Gasteiger partial charge is 0.137 e. The van der Waals surface area contributed by atoms with E-state index in [2.05, 4.69) is 28.8 Å². The molecule has 0 saturated carbocycles. The van der Waals surface area contributed by atoms with Crippen LogP contribution < -0.4 is 0 Å². The summed E-state index contributed by atoms with van der Waals surface area (Å²) in [6.07, 6.45) is 0. The first kappa shape index (κ1) is 19.3. The van der Waals surface area contributed by atoms with Crippen LogP contribution in [0, 0.1) is 0 Å². The first-order valence-corrected chi connectivity index (χ1v) is 15.9. The van der Waals surface area contributed by atoms with Gasteiger partial charge in [0.1, 0.15) is 11.2 Å². The number of benzene rings is 9. The highest BCUT2D eigenvalue weighted by Gasteiger charge is 2.20. The third-order valence-electron chi connectivity index (χ3n) is 9.63. The van der Waals surface area contributed by atoms with Crippen LogP contribution in [0.1, 0.15) is 11.0 Å². The molecular formula is C46H27NO. The minimum atomic E-state index is -0.301. The van der Waals surface area contributed by atoms with Crippen molar-refractivity contribution < 1.29 is 15.4 Å². The average Bonchev–Trinajstić information content (AvgIpc) is 3.77. The van der Waals surface area contributed by atoms with Crippen molar-refractivity contribution in [2.45, 2.75) is 0 Å². The van der Waals surface area contributed by atoms with Crippen LogP contribution in [0.4, 0.5) is 0 Å². The summed E-state index contributed by atoms with van der Waals surface area (Å²) < 4.78 is 82.8. The molecule has 0 radical (unpaired) electrons. The molecule has 0 bridgehead atoms. The van der Waals surface area contributed by atoms with E-state index < -0.39 is 0 Å². The number of nitrogens with zero attached hydrogens (tertiary/aromatic N) is 1. The van der Waals surface area contributed by atoms with Gasteiger partial charge in [-0.3, -0.25) is 0 Å². The second-order valence-electron chi connectivity index (χ2n) is 12.2. The Hall–Kier alpha value is -6.38. The molecular weight excluding hydrogens is 583 g/mol. The maximum atomic E-state index is 9.46. The highest BCUT2D eigenvalue weighted by atomic mass is 16.3. The lowest BCUT2D eigenvalue weighted by Crippen LogP contribution is -1.95. The van der Waals surface area contributed by atoms with E-state index in [0.717, 1.165) is 49.4 Å². The maximum Gasteiger partial charge on any atom is 0.137 e. The fraction of sp³-hybridized carbons (Fsp3) is 0. The van der Waals surface area contributed by atoms with Gasteiger partial charge >= 0.3 is 0 Å². The molecule has 48 heavy (non-hydrogen) atoms. The second-order valence-corrected chi connectivity index (χ2v) is 12.2. The van der Waals surface area contributed by atoms with Crippen LogP contribution in [0.15, 0.2) is 168 Å². The molecule has 2 aromatic heterocycles. The van der Waals surface area contributed by atoms with Gasteiger partial charge in [-0.05, 0) is 91.0 Å². The first-order valence-electron chi connectivity index (χ1n) is 19.9. The zero-order valence-corrected chi connectivity index (χ0v) is 25.3. The molecule has 2 heterocycles. The van der Waals surface area contributed by atoms with Gasteiger partial charge in [0.2, 0.25) is 0 Å². The summed E-state index contributed by atoms with van der Waals surface area (Å²) >= 11 is 0. The molecule has 2 heteroatoms. The number of rotatable bonds is 3. The van der Waals surface area contributed by atoms with Crippen LogP contribution in [0.3, 0.4) is 0 Å². The van der Waals surface area contributed by atoms with Crippen LogP contribution in [-0.2, 0) is 0 Å². The Morgan fingerprint density at radius 2 is 1.08 bits per heavy atom. The quantitative estimate of drug-likeness (QED) is 0.180. The Morgan fingerprint density at radius 3 is 1.88 bits per heavy atom. The lowest BCUT2D eigenvalue weighted by Gasteiger charge is -2.17. The SMILES string of the molecule is [2H]c1c([2H])c2c([2H])c([2H])c3c(-c4cccc(-n5c6ccccc6c6ccc7oc8ccccc8c7c65)c4)c([2H])c([2H])c4c([2H])c([2H])c(c1-c1ccccc1)c2c43. The summed E-state index contributed by atoms with van der Waals surface area (Å²) in [6, 6.07) is 34.8. The van der Waals surface area contributed by atoms with E-state index in [-0.39, 0.29) is 86.4 Å².